The van der Waals surface area contributed by atoms with Gasteiger partial charge < -0.3 is 5.40 Å². The first-order valence-corrected chi connectivity index (χ1v) is 10.7. The van der Waals surface area contributed by atoms with Crippen LogP contribution in [-0.2, 0) is 0 Å². The second-order valence-electron chi connectivity index (χ2n) is 0.943. The third-order valence-electron chi connectivity index (χ3n) is 0.313. The minimum atomic E-state index is -2.64. The quantitative estimate of drug-likeness (QED) is 0.515. The van der Waals surface area contributed by atoms with E-state index < -0.39 is 13.3 Å². The van der Waals surface area contributed by atoms with E-state index in [1.165, 1.54) is 0 Å². The van der Waals surface area contributed by atoms with E-state index in [4.69, 9.17) is 49.7 Å². The molecule has 0 radical (unpaired) electrons. The van der Waals surface area contributed by atoms with E-state index in [1.54, 1.807) is 0 Å². The Morgan fingerprint density at radius 1 is 1.29 bits per heavy atom. The number of rotatable bonds is 1. The molecule has 7 heteroatoms. The zero-order valence-corrected chi connectivity index (χ0v) is 8.34. The summed E-state index contributed by atoms with van der Waals surface area (Å²) in [5.74, 6) is 0. The van der Waals surface area contributed by atoms with Crippen molar-refractivity contribution in [1.82, 2.24) is 0 Å². The van der Waals surface area contributed by atoms with Gasteiger partial charge in [0.05, 0.1) is 0 Å². The lowest BCUT2D eigenvalue weighted by Crippen LogP contribution is -2.39. The van der Waals surface area contributed by atoms with Gasteiger partial charge in [-0.05, 0) is 0 Å². The van der Waals surface area contributed by atoms with Crippen molar-refractivity contribution in [3.63, 3.8) is 0 Å². The van der Waals surface area contributed by atoms with Gasteiger partial charge in [0.1, 0.15) is 0 Å². The number of hydrogen-bond acceptors (Lipinski definition) is 1. The molecule has 0 aromatic rings. The zero-order chi connectivity index (χ0) is 6.08. The first-order chi connectivity index (χ1) is 2.94. The Kier molecular flexibility index (Phi) is 3.56. The molecule has 0 aromatic heterocycles. The summed E-state index contributed by atoms with van der Waals surface area (Å²) in [5.41, 5.74) is -2.64. The Labute approximate surface area is 63.0 Å². The number of halogens is 4. The summed E-state index contributed by atoms with van der Waals surface area (Å²) in [6.07, 6.45) is 0. The maximum Gasteiger partial charge on any atom is 0.354 e. The van der Waals surface area contributed by atoms with E-state index in [1.807, 2.05) is 0 Å². The van der Waals surface area contributed by atoms with Crippen LogP contribution in [-0.4, -0.2) is 13.3 Å². The molecule has 0 aromatic carbocycles. The van der Waals surface area contributed by atoms with Crippen molar-refractivity contribution >= 4 is 57.6 Å². The summed E-state index contributed by atoms with van der Waals surface area (Å²) in [6.45, 7) is 0. The van der Waals surface area contributed by atoms with Gasteiger partial charge in [0.2, 0.25) is 7.79 Å². The lowest BCUT2D eigenvalue weighted by atomic mass is 13.9. The van der Waals surface area contributed by atoms with E-state index in [9.17, 15) is 0 Å². The van der Waals surface area contributed by atoms with Crippen LogP contribution in [0.25, 0.3) is 0 Å². The first-order valence-electron chi connectivity index (χ1n) is 1.41. The van der Waals surface area contributed by atoms with Crippen LogP contribution >= 0.6 is 44.3 Å². The van der Waals surface area contributed by atoms with E-state index in [0.29, 0.717) is 0 Å². The molecule has 0 aliphatic carbocycles. The van der Waals surface area contributed by atoms with Crippen molar-refractivity contribution in [2.24, 2.45) is 5.40 Å². The highest BCUT2D eigenvalue weighted by molar-refractivity contribution is 7.90. The number of hydrogen-bond donors (Lipinski definition) is 1. The molecule has 0 saturated carbocycles. The van der Waals surface area contributed by atoms with Crippen molar-refractivity contribution < 1.29 is 0 Å². The van der Waals surface area contributed by atoms with Crippen molar-refractivity contribution in [3.8, 4) is 0 Å². The summed E-state index contributed by atoms with van der Waals surface area (Å²) in [5, 5.41) is 5.14. The van der Waals surface area contributed by atoms with Gasteiger partial charge in [0, 0.05) is 0 Å². The van der Waals surface area contributed by atoms with Gasteiger partial charge in [0.25, 0.3) is 0 Å². The molecule has 7 heavy (non-hydrogen) atoms. The minimum Gasteiger partial charge on any atom is -0.341 e. The molecular formula is H3Cl4NSi2. The Bertz CT molecular complexity index is 55.2. The fourth-order valence-electron chi connectivity index (χ4n) is 0. The van der Waals surface area contributed by atoms with Gasteiger partial charge in [-0.25, -0.2) is 0 Å². The summed E-state index contributed by atoms with van der Waals surface area (Å²) in [6, 6.07) is 0. The van der Waals surface area contributed by atoms with Crippen LogP contribution in [0.3, 0.4) is 0 Å². The molecule has 0 spiro atoms. The molecule has 0 amide bonds. The summed E-state index contributed by atoms with van der Waals surface area (Å²) < 4.78 is 0. The average Bonchev–Trinajstić information content (AvgIpc) is 1.31. The lowest BCUT2D eigenvalue weighted by Gasteiger charge is -2.05. The molecule has 0 rings (SSSR count). The fraction of sp³-hybridized carbons (Fsp3) is 0. The molecule has 44 valence electrons. The predicted molar refractivity (Wildman–Crippen MR) is 40.5 cm³/mol. The Balaban J connectivity index is 3.54. The monoisotopic (exact) mass is 213 g/mol. The molecule has 0 saturated heterocycles. The van der Waals surface area contributed by atoms with E-state index >= 15 is 0 Å². The summed E-state index contributed by atoms with van der Waals surface area (Å²) in [7, 11) is -1.95. The van der Waals surface area contributed by atoms with Crippen LogP contribution < -0.4 is 5.40 Å². The molecule has 0 aliphatic heterocycles. The Morgan fingerprint density at radius 2 is 1.43 bits per heavy atom. The van der Waals surface area contributed by atoms with E-state index in [0.717, 1.165) is 0 Å². The second kappa shape index (κ2) is 2.91. The van der Waals surface area contributed by atoms with Crippen LogP contribution in [0.1, 0.15) is 0 Å². The molecule has 0 bridgehead atoms. The van der Waals surface area contributed by atoms with Crippen LogP contribution in [0.4, 0.5) is 0 Å². The van der Waals surface area contributed by atoms with Crippen molar-refractivity contribution in [3.05, 3.63) is 0 Å². The van der Waals surface area contributed by atoms with E-state index in [2.05, 4.69) is 0 Å². The smallest absolute Gasteiger partial charge is 0.341 e. The van der Waals surface area contributed by atoms with Gasteiger partial charge in [-0.15, -0.1) is 44.3 Å². The molecular weight excluding hydrogens is 212 g/mol. The van der Waals surface area contributed by atoms with Gasteiger partial charge >= 0.3 is 5.52 Å². The van der Waals surface area contributed by atoms with Crippen LogP contribution in [0.2, 0.25) is 0 Å². The minimum absolute atomic E-state index is 1.95. The highest BCUT2D eigenvalue weighted by atomic mass is 35.9. The normalized spacial score (nSPS) is 16.7. The number of nitrogens with two attached hydrogens (primary N) is 1. The van der Waals surface area contributed by atoms with E-state index in [-0.39, 0.29) is 0 Å². The molecule has 0 heterocycles. The van der Waals surface area contributed by atoms with Gasteiger partial charge in [-0.3, -0.25) is 0 Å². The van der Waals surface area contributed by atoms with Crippen LogP contribution in [0, 0.1) is 0 Å². The maximum atomic E-state index is 5.34. The van der Waals surface area contributed by atoms with Crippen molar-refractivity contribution in [2.45, 2.75) is 0 Å². The fourth-order valence-corrected chi connectivity index (χ4v) is 0. The van der Waals surface area contributed by atoms with Crippen LogP contribution in [0.5, 0.6) is 0 Å². The Morgan fingerprint density at radius 3 is 1.43 bits per heavy atom. The molecule has 1 unspecified atom stereocenters. The van der Waals surface area contributed by atoms with Gasteiger partial charge in [-0.2, -0.15) is 0 Å². The standard InChI is InChI=1S/Cl4H3NSi2/c1-6(5)7(2,3)4/h6H,5H2. The highest BCUT2D eigenvalue weighted by Crippen LogP contribution is 2.21. The third kappa shape index (κ3) is 4.08. The summed E-state index contributed by atoms with van der Waals surface area (Å²) >= 11 is 21.4. The molecule has 0 aliphatic rings. The second-order valence-corrected chi connectivity index (χ2v) is 20.2. The van der Waals surface area contributed by atoms with Crippen molar-refractivity contribution in [1.29, 1.82) is 0 Å². The molecule has 1 atom stereocenters. The predicted octanol–water partition coefficient (Wildman–Crippen LogP) is 1.14. The molecule has 0 fully saturated rings. The maximum absolute atomic E-state index is 5.34. The third-order valence-corrected chi connectivity index (χ3v) is 15.1. The summed E-state index contributed by atoms with van der Waals surface area (Å²) in [4.78, 5) is 0. The van der Waals surface area contributed by atoms with Crippen molar-refractivity contribution in [2.75, 3.05) is 0 Å². The molecule has 2 N–H and O–H groups in total. The first kappa shape index (κ1) is 8.55. The Hall–Kier alpha value is 1.55. The lowest BCUT2D eigenvalue weighted by molar-refractivity contribution is 1.95. The average molecular weight is 215 g/mol. The molecule has 1 nitrogen and oxygen atoms in total. The van der Waals surface area contributed by atoms with Crippen LogP contribution in [0.15, 0.2) is 0 Å². The topological polar surface area (TPSA) is 26.0 Å². The zero-order valence-electron chi connectivity index (χ0n) is 3.17. The SMILES string of the molecule is N[SiH](Cl)[Si](Cl)(Cl)Cl. The largest absolute Gasteiger partial charge is 0.354 e. The van der Waals surface area contributed by atoms with Gasteiger partial charge in [0.15, 0.2) is 0 Å². The highest BCUT2D eigenvalue weighted by Gasteiger charge is 2.34. The van der Waals surface area contributed by atoms with Gasteiger partial charge in [-0.1, -0.05) is 0 Å².